The van der Waals surface area contributed by atoms with Gasteiger partial charge in [-0.2, -0.15) is 5.26 Å². The van der Waals surface area contributed by atoms with Gasteiger partial charge in [-0.1, -0.05) is 6.07 Å². The molecule has 7 nitrogen and oxygen atoms in total. The highest BCUT2D eigenvalue weighted by Crippen LogP contribution is 2.42. The van der Waals surface area contributed by atoms with Crippen LogP contribution in [-0.2, 0) is 11.3 Å². The maximum Gasteiger partial charge on any atom is 0.415 e. The van der Waals surface area contributed by atoms with E-state index < -0.39 is 5.60 Å². The summed E-state index contributed by atoms with van der Waals surface area (Å²) in [6.07, 6.45) is 5.34. The highest BCUT2D eigenvalue weighted by molar-refractivity contribution is 5.90. The number of nitriles is 1. The number of rotatable bonds is 4. The second-order valence-corrected chi connectivity index (χ2v) is 8.51. The number of imidazole rings is 1. The second kappa shape index (κ2) is 7.62. The van der Waals surface area contributed by atoms with Gasteiger partial charge in [-0.25, -0.2) is 9.78 Å². The number of nitrogens with zero attached hydrogens (tertiary/aromatic N) is 4. The normalized spacial score (nSPS) is 23.2. The molecule has 0 bridgehead atoms. The average molecular weight is 416 g/mol. The summed E-state index contributed by atoms with van der Waals surface area (Å²) in [7, 11) is 1.62. The van der Waals surface area contributed by atoms with Crippen molar-refractivity contribution in [2.24, 2.45) is 5.92 Å². The molecule has 1 saturated carbocycles. The number of fused-ring (bicyclic) bond motifs is 1. The lowest BCUT2D eigenvalue weighted by Gasteiger charge is -2.36. The molecular weight excluding hydrogens is 392 g/mol. The van der Waals surface area contributed by atoms with Crippen LogP contribution in [0.5, 0.6) is 5.75 Å². The fourth-order valence-electron chi connectivity index (χ4n) is 4.99. The average Bonchev–Trinajstić information content (AvgIpc) is 3.33. The molecule has 2 aliphatic rings. The number of aromatic nitrogens is 2. The van der Waals surface area contributed by atoms with Crippen molar-refractivity contribution in [1.29, 1.82) is 5.26 Å². The minimum atomic E-state index is -0.461. The first kappa shape index (κ1) is 19.4. The molecule has 5 rings (SSSR count). The summed E-state index contributed by atoms with van der Waals surface area (Å²) in [4.78, 5) is 18.9. The Balaban J connectivity index is 1.35. The van der Waals surface area contributed by atoms with E-state index in [2.05, 4.69) is 15.6 Å². The molecule has 1 aliphatic carbocycles. The highest BCUT2D eigenvalue weighted by Gasteiger charge is 2.48. The lowest BCUT2D eigenvalue weighted by Crippen LogP contribution is -2.40. The highest BCUT2D eigenvalue weighted by atomic mass is 16.6. The summed E-state index contributed by atoms with van der Waals surface area (Å²) in [5, 5.41) is 9.22. The van der Waals surface area contributed by atoms with Gasteiger partial charge in [0.25, 0.3) is 0 Å². The van der Waals surface area contributed by atoms with E-state index in [1.165, 1.54) is 0 Å². The third-order valence-corrected chi connectivity index (χ3v) is 6.45. The molecule has 2 aromatic carbocycles. The number of anilines is 1. The zero-order valence-corrected chi connectivity index (χ0v) is 17.5. The second-order valence-electron chi connectivity index (χ2n) is 8.51. The summed E-state index contributed by atoms with van der Waals surface area (Å²) >= 11 is 0. The first-order chi connectivity index (χ1) is 15.1. The summed E-state index contributed by atoms with van der Waals surface area (Å²) in [6, 6.07) is 15.3. The number of hydrogen-bond acceptors (Lipinski definition) is 5. The lowest BCUT2D eigenvalue weighted by atomic mass is 9.78. The van der Waals surface area contributed by atoms with Gasteiger partial charge in [0.05, 0.1) is 48.3 Å². The van der Waals surface area contributed by atoms with Crippen molar-refractivity contribution >= 4 is 22.8 Å². The van der Waals surface area contributed by atoms with Crippen LogP contribution in [0.1, 0.15) is 31.2 Å². The van der Waals surface area contributed by atoms with Gasteiger partial charge in [-0.3, -0.25) is 4.90 Å². The van der Waals surface area contributed by atoms with Crippen LogP contribution >= 0.6 is 0 Å². The van der Waals surface area contributed by atoms with Crippen LogP contribution in [0.2, 0.25) is 0 Å². The molecule has 1 aromatic heterocycles. The molecule has 158 valence electrons. The Bertz CT molecular complexity index is 1180. The van der Waals surface area contributed by atoms with Crippen molar-refractivity contribution < 1.29 is 14.3 Å². The summed E-state index contributed by atoms with van der Waals surface area (Å²) < 4.78 is 13.4. The standard InChI is InChI=1S/C24H24N4O3/c1-30-20-6-2-5-19(11-20)28-15-24(31-23(28)29)9-3-4-18(12-24)14-27-16-26-21-8-7-17(13-25)10-22(21)27/h2,5-8,10-11,16,18H,3-4,9,12,14-15H2,1H3/t18-,24-/m0/s1. The fourth-order valence-corrected chi connectivity index (χ4v) is 4.99. The predicted octanol–water partition coefficient (Wildman–Crippen LogP) is 4.50. The van der Waals surface area contributed by atoms with Crippen molar-refractivity contribution in [1.82, 2.24) is 9.55 Å². The molecule has 1 saturated heterocycles. The Morgan fingerprint density at radius 2 is 2.23 bits per heavy atom. The van der Waals surface area contributed by atoms with E-state index in [0.717, 1.165) is 54.7 Å². The van der Waals surface area contributed by atoms with E-state index >= 15 is 0 Å². The molecular formula is C24H24N4O3. The van der Waals surface area contributed by atoms with Crippen LogP contribution in [0.4, 0.5) is 10.5 Å². The molecule has 1 aliphatic heterocycles. The molecule has 0 radical (unpaired) electrons. The van der Waals surface area contributed by atoms with Crippen LogP contribution in [-0.4, -0.2) is 34.9 Å². The number of carbonyl (C=O) groups excluding carboxylic acids is 1. The molecule has 3 aromatic rings. The maximum absolute atomic E-state index is 12.7. The minimum absolute atomic E-state index is 0.291. The van der Waals surface area contributed by atoms with E-state index in [-0.39, 0.29) is 6.09 Å². The van der Waals surface area contributed by atoms with Crippen LogP contribution in [0.25, 0.3) is 11.0 Å². The Morgan fingerprint density at radius 3 is 3.06 bits per heavy atom. The number of hydrogen-bond donors (Lipinski definition) is 0. The number of carbonyl (C=O) groups is 1. The monoisotopic (exact) mass is 416 g/mol. The molecule has 1 spiro atoms. The molecule has 2 heterocycles. The first-order valence-electron chi connectivity index (χ1n) is 10.6. The van der Waals surface area contributed by atoms with E-state index in [4.69, 9.17) is 9.47 Å². The molecule has 0 unspecified atom stereocenters. The fraction of sp³-hybridized carbons (Fsp3) is 0.375. The van der Waals surface area contributed by atoms with E-state index in [1.807, 2.05) is 42.7 Å². The van der Waals surface area contributed by atoms with Crippen LogP contribution in [0.3, 0.4) is 0 Å². The van der Waals surface area contributed by atoms with Gasteiger partial charge in [0.15, 0.2) is 0 Å². The zero-order valence-electron chi connectivity index (χ0n) is 17.5. The zero-order chi connectivity index (χ0) is 21.4. The summed E-state index contributed by atoms with van der Waals surface area (Å²) in [5.41, 5.74) is 2.83. The third kappa shape index (κ3) is 3.59. The van der Waals surface area contributed by atoms with Crippen molar-refractivity contribution in [2.45, 2.75) is 37.8 Å². The Hall–Kier alpha value is -3.53. The van der Waals surface area contributed by atoms with Crippen molar-refractivity contribution in [3.05, 3.63) is 54.4 Å². The Kier molecular flexibility index (Phi) is 4.78. The van der Waals surface area contributed by atoms with Crippen LogP contribution < -0.4 is 9.64 Å². The number of ether oxygens (including phenoxy) is 2. The molecule has 1 amide bonds. The molecule has 0 N–H and O–H groups in total. The maximum atomic E-state index is 12.7. The van der Waals surface area contributed by atoms with E-state index in [9.17, 15) is 10.1 Å². The molecule has 31 heavy (non-hydrogen) atoms. The van der Waals surface area contributed by atoms with Gasteiger partial charge >= 0.3 is 6.09 Å². The number of amides is 1. The lowest BCUT2D eigenvalue weighted by molar-refractivity contribution is 0.00439. The van der Waals surface area contributed by atoms with Gasteiger partial charge in [0.1, 0.15) is 11.4 Å². The van der Waals surface area contributed by atoms with Gasteiger partial charge < -0.3 is 14.0 Å². The molecule has 2 fully saturated rings. The first-order valence-corrected chi connectivity index (χ1v) is 10.6. The number of benzene rings is 2. The number of methoxy groups -OCH3 is 1. The topological polar surface area (TPSA) is 80.4 Å². The van der Waals surface area contributed by atoms with Crippen LogP contribution in [0.15, 0.2) is 48.8 Å². The Labute approximate surface area is 180 Å². The summed E-state index contributed by atoms with van der Waals surface area (Å²) in [5.74, 6) is 1.09. The van der Waals surface area contributed by atoms with Crippen molar-refractivity contribution in [3.8, 4) is 11.8 Å². The smallest absolute Gasteiger partial charge is 0.415 e. The molecule has 2 atom stereocenters. The van der Waals surface area contributed by atoms with Gasteiger partial charge in [0.2, 0.25) is 0 Å². The summed E-state index contributed by atoms with van der Waals surface area (Å²) in [6.45, 7) is 1.35. The van der Waals surface area contributed by atoms with Crippen molar-refractivity contribution in [3.63, 3.8) is 0 Å². The van der Waals surface area contributed by atoms with E-state index in [1.54, 1.807) is 18.1 Å². The van der Waals surface area contributed by atoms with Gasteiger partial charge in [-0.15, -0.1) is 0 Å². The predicted molar refractivity (Wildman–Crippen MR) is 116 cm³/mol. The largest absolute Gasteiger partial charge is 0.497 e. The van der Waals surface area contributed by atoms with Crippen molar-refractivity contribution in [2.75, 3.05) is 18.6 Å². The van der Waals surface area contributed by atoms with Gasteiger partial charge in [-0.05, 0) is 61.9 Å². The van der Waals surface area contributed by atoms with Crippen LogP contribution in [0, 0.1) is 17.2 Å². The van der Waals surface area contributed by atoms with Gasteiger partial charge in [0, 0.05) is 12.6 Å². The quantitative estimate of drug-likeness (QED) is 0.625. The third-order valence-electron chi connectivity index (χ3n) is 6.45. The Morgan fingerprint density at radius 1 is 1.32 bits per heavy atom. The van der Waals surface area contributed by atoms with E-state index in [0.29, 0.717) is 18.0 Å². The minimum Gasteiger partial charge on any atom is -0.497 e. The SMILES string of the molecule is COc1cccc(N2C[C@@]3(CCC[C@H](Cn4cnc5ccc(C#N)cc54)C3)OC2=O)c1. The molecule has 7 heteroatoms.